The first kappa shape index (κ1) is 11.0. The van der Waals surface area contributed by atoms with Gasteiger partial charge >= 0.3 is 0 Å². The molecule has 1 aliphatic heterocycles. The highest BCUT2D eigenvalue weighted by Crippen LogP contribution is 2.40. The summed E-state index contributed by atoms with van der Waals surface area (Å²) in [5, 5.41) is 12.5. The Morgan fingerprint density at radius 3 is 2.38 bits per heavy atom. The minimum Gasteiger partial charge on any atom is -0.396 e. The SMILES string of the molecule is CC1(C)CNC(CCO)C(C)(C)C1. The first-order valence-electron chi connectivity index (χ1n) is 5.22. The van der Waals surface area contributed by atoms with Crippen LogP contribution in [0.25, 0.3) is 0 Å². The number of hydrogen-bond donors (Lipinski definition) is 2. The molecule has 78 valence electrons. The van der Waals surface area contributed by atoms with E-state index in [9.17, 15) is 0 Å². The molecule has 0 aromatic heterocycles. The van der Waals surface area contributed by atoms with Gasteiger partial charge in [-0.2, -0.15) is 0 Å². The van der Waals surface area contributed by atoms with Crippen molar-refractivity contribution in [1.29, 1.82) is 0 Å². The quantitative estimate of drug-likeness (QED) is 0.687. The second-order valence-electron chi connectivity index (χ2n) is 5.78. The molecule has 0 aliphatic carbocycles. The zero-order valence-corrected chi connectivity index (χ0v) is 9.35. The van der Waals surface area contributed by atoms with Crippen LogP contribution in [-0.2, 0) is 0 Å². The summed E-state index contributed by atoms with van der Waals surface area (Å²) in [6, 6.07) is 0.477. The standard InChI is InChI=1S/C11H23NO/c1-10(2)7-11(3,4)9(5-6-13)12-8-10/h9,12-13H,5-8H2,1-4H3. The normalized spacial score (nSPS) is 31.6. The minimum atomic E-state index is 0.293. The molecule has 0 saturated carbocycles. The lowest BCUT2D eigenvalue weighted by molar-refractivity contribution is 0.0679. The van der Waals surface area contributed by atoms with Gasteiger partial charge in [0.2, 0.25) is 0 Å². The van der Waals surface area contributed by atoms with E-state index in [-0.39, 0.29) is 0 Å². The second kappa shape index (κ2) is 3.58. The third kappa shape index (κ3) is 2.68. The van der Waals surface area contributed by atoms with Crippen molar-refractivity contribution >= 4 is 0 Å². The highest BCUT2D eigenvalue weighted by Gasteiger charge is 2.39. The summed E-state index contributed by atoms with van der Waals surface area (Å²) in [6.07, 6.45) is 2.11. The zero-order valence-electron chi connectivity index (χ0n) is 9.35. The Morgan fingerprint density at radius 1 is 1.31 bits per heavy atom. The maximum atomic E-state index is 8.94. The fourth-order valence-corrected chi connectivity index (χ4v) is 2.72. The molecule has 13 heavy (non-hydrogen) atoms. The molecule has 0 bridgehead atoms. The Kier molecular flexibility index (Phi) is 3.03. The molecule has 2 N–H and O–H groups in total. The molecule has 1 saturated heterocycles. The Labute approximate surface area is 81.7 Å². The molecule has 1 atom stereocenters. The van der Waals surface area contributed by atoms with E-state index in [1.54, 1.807) is 0 Å². The van der Waals surface area contributed by atoms with Gasteiger partial charge in [0.25, 0.3) is 0 Å². The van der Waals surface area contributed by atoms with Gasteiger partial charge in [-0.25, -0.2) is 0 Å². The van der Waals surface area contributed by atoms with Crippen molar-refractivity contribution in [2.75, 3.05) is 13.2 Å². The van der Waals surface area contributed by atoms with Crippen LogP contribution in [0.4, 0.5) is 0 Å². The van der Waals surface area contributed by atoms with Crippen molar-refractivity contribution in [3.63, 3.8) is 0 Å². The summed E-state index contributed by atoms with van der Waals surface area (Å²) in [5.41, 5.74) is 0.708. The second-order valence-corrected chi connectivity index (χ2v) is 5.78. The molecule has 0 amide bonds. The number of piperidine rings is 1. The smallest absolute Gasteiger partial charge is 0.0446 e. The minimum absolute atomic E-state index is 0.293. The van der Waals surface area contributed by atoms with Crippen LogP contribution in [-0.4, -0.2) is 24.3 Å². The number of aliphatic hydroxyl groups is 1. The van der Waals surface area contributed by atoms with Crippen molar-refractivity contribution < 1.29 is 5.11 Å². The Morgan fingerprint density at radius 2 is 1.92 bits per heavy atom. The number of rotatable bonds is 2. The van der Waals surface area contributed by atoms with E-state index in [1.165, 1.54) is 6.42 Å². The molecule has 2 nitrogen and oxygen atoms in total. The van der Waals surface area contributed by atoms with Gasteiger partial charge in [0.15, 0.2) is 0 Å². The van der Waals surface area contributed by atoms with E-state index in [0.29, 0.717) is 23.5 Å². The van der Waals surface area contributed by atoms with Crippen molar-refractivity contribution in [3.05, 3.63) is 0 Å². The summed E-state index contributed by atoms with van der Waals surface area (Å²) < 4.78 is 0. The number of hydrogen-bond acceptors (Lipinski definition) is 2. The van der Waals surface area contributed by atoms with Gasteiger partial charge in [-0.05, 0) is 23.7 Å². The molecular weight excluding hydrogens is 162 g/mol. The first-order valence-corrected chi connectivity index (χ1v) is 5.22. The molecule has 1 fully saturated rings. The average Bonchev–Trinajstić information content (AvgIpc) is 1.93. The van der Waals surface area contributed by atoms with E-state index >= 15 is 0 Å². The summed E-state index contributed by atoms with van der Waals surface area (Å²) in [5.74, 6) is 0. The molecular formula is C11H23NO. The predicted octanol–water partition coefficient (Wildman–Crippen LogP) is 1.78. The highest BCUT2D eigenvalue weighted by molar-refractivity contribution is 4.94. The van der Waals surface area contributed by atoms with Crippen molar-refractivity contribution in [3.8, 4) is 0 Å². The van der Waals surface area contributed by atoms with Gasteiger partial charge in [0.05, 0.1) is 0 Å². The van der Waals surface area contributed by atoms with Crippen molar-refractivity contribution in [1.82, 2.24) is 5.32 Å². The lowest BCUT2D eigenvalue weighted by Gasteiger charge is -2.47. The maximum Gasteiger partial charge on any atom is 0.0446 e. The Balaban J connectivity index is 2.62. The lowest BCUT2D eigenvalue weighted by atomic mass is 9.67. The molecule has 0 spiro atoms. The fourth-order valence-electron chi connectivity index (χ4n) is 2.72. The van der Waals surface area contributed by atoms with Crippen LogP contribution in [0.2, 0.25) is 0 Å². The third-order valence-electron chi connectivity index (χ3n) is 3.12. The van der Waals surface area contributed by atoms with E-state index in [0.717, 1.165) is 13.0 Å². The molecule has 0 aromatic rings. The predicted molar refractivity (Wildman–Crippen MR) is 55.7 cm³/mol. The molecule has 1 heterocycles. The van der Waals surface area contributed by atoms with Crippen molar-refractivity contribution in [2.45, 2.75) is 46.6 Å². The average molecular weight is 185 g/mol. The summed E-state index contributed by atoms with van der Waals surface area (Å²) in [7, 11) is 0. The van der Waals surface area contributed by atoms with Gasteiger partial charge < -0.3 is 10.4 Å². The highest BCUT2D eigenvalue weighted by atomic mass is 16.3. The first-order chi connectivity index (χ1) is 5.87. The molecule has 0 aromatic carbocycles. The van der Waals surface area contributed by atoms with E-state index in [2.05, 4.69) is 33.0 Å². The summed E-state index contributed by atoms with van der Waals surface area (Å²) in [6.45, 7) is 10.6. The van der Waals surface area contributed by atoms with Gasteiger partial charge in [0.1, 0.15) is 0 Å². The monoisotopic (exact) mass is 185 g/mol. The molecule has 2 heteroatoms. The van der Waals surface area contributed by atoms with Gasteiger partial charge in [-0.15, -0.1) is 0 Å². The molecule has 1 unspecified atom stereocenters. The Hall–Kier alpha value is -0.0800. The van der Waals surface area contributed by atoms with Crippen LogP contribution < -0.4 is 5.32 Å². The van der Waals surface area contributed by atoms with Gasteiger partial charge in [0, 0.05) is 19.2 Å². The lowest BCUT2D eigenvalue weighted by Crippen LogP contribution is -2.53. The van der Waals surface area contributed by atoms with Crippen molar-refractivity contribution in [2.24, 2.45) is 10.8 Å². The Bertz CT molecular complexity index is 175. The maximum absolute atomic E-state index is 8.94. The molecule has 1 aliphatic rings. The van der Waals surface area contributed by atoms with Crippen LogP contribution >= 0.6 is 0 Å². The van der Waals surface area contributed by atoms with Gasteiger partial charge in [-0.1, -0.05) is 27.7 Å². The summed E-state index contributed by atoms with van der Waals surface area (Å²) >= 11 is 0. The van der Waals surface area contributed by atoms with Crippen LogP contribution in [0, 0.1) is 10.8 Å². The van der Waals surface area contributed by atoms with Crippen LogP contribution in [0.1, 0.15) is 40.5 Å². The number of aliphatic hydroxyl groups excluding tert-OH is 1. The zero-order chi connectivity index (χ0) is 10.1. The van der Waals surface area contributed by atoms with Crippen LogP contribution in [0.5, 0.6) is 0 Å². The summed E-state index contributed by atoms with van der Waals surface area (Å²) in [4.78, 5) is 0. The number of nitrogens with one attached hydrogen (secondary N) is 1. The van der Waals surface area contributed by atoms with Gasteiger partial charge in [-0.3, -0.25) is 0 Å². The molecule has 0 radical (unpaired) electrons. The van der Waals surface area contributed by atoms with Crippen LogP contribution in [0.15, 0.2) is 0 Å². The largest absolute Gasteiger partial charge is 0.396 e. The third-order valence-corrected chi connectivity index (χ3v) is 3.12. The van der Waals surface area contributed by atoms with E-state index < -0.39 is 0 Å². The van der Waals surface area contributed by atoms with E-state index in [4.69, 9.17) is 5.11 Å². The molecule has 1 rings (SSSR count). The van der Waals surface area contributed by atoms with E-state index in [1.807, 2.05) is 0 Å². The fraction of sp³-hybridized carbons (Fsp3) is 1.00. The topological polar surface area (TPSA) is 32.3 Å². The van der Waals surface area contributed by atoms with Crippen LogP contribution in [0.3, 0.4) is 0 Å².